The van der Waals surface area contributed by atoms with Gasteiger partial charge in [-0.05, 0) is 11.4 Å². The fourth-order valence-electron chi connectivity index (χ4n) is 0.835. The van der Waals surface area contributed by atoms with Crippen LogP contribution in [-0.2, 0) is 0 Å². The van der Waals surface area contributed by atoms with E-state index in [1.54, 1.807) is 17.5 Å². The number of hydrogen-bond donors (Lipinski definition) is 2. The van der Waals surface area contributed by atoms with Gasteiger partial charge in [0.15, 0.2) is 0 Å². The Morgan fingerprint density at radius 3 is 3.27 bits per heavy atom. The summed E-state index contributed by atoms with van der Waals surface area (Å²) in [4.78, 5) is 8.08. The zero-order valence-electron chi connectivity index (χ0n) is 5.61. The van der Waals surface area contributed by atoms with Gasteiger partial charge in [-0.1, -0.05) is 0 Å². The second kappa shape index (κ2) is 2.44. The Balaban J connectivity index is 2.67. The minimum absolute atomic E-state index is 0.455. The average Bonchev–Trinajstić information content (AvgIpc) is 2.50. The summed E-state index contributed by atoms with van der Waals surface area (Å²) in [6.07, 6.45) is 1.75. The highest BCUT2D eigenvalue weighted by molar-refractivity contribution is 7.17. The Hall–Kier alpha value is -1.20. The molecule has 0 radical (unpaired) electrons. The van der Waals surface area contributed by atoms with Crippen molar-refractivity contribution < 1.29 is 0 Å². The van der Waals surface area contributed by atoms with Gasteiger partial charge in [0, 0.05) is 0 Å². The number of nitrogen functional groups attached to an aromatic ring is 1. The highest BCUT2D eigenvalue weighted by Gasteiger charge is 1.97. The minimum atomic E-state index is 0.455. The zero-order valence-corrected chi connectivity index (χ0v) is 6.43. The average molecular weight is 166 g/mol. The lowest BCUT2D eigenvalue weighted by atomic mass is 10.5. The summed E-state index contributed by atoms with van der Waals surface area (Å²) in [7, 11) is 0. The van der Waals surface area contributed by atoms with Crippen LogP contribution in [0.3, 0.4) is 0 Å². The highest BCUT2D eigenvalue weighted by atomic mass is 32.1. The molecule has 0 aliphatic rings. The Morgan fingerprint density at radius 2 is 2.45 bits per heavy atom. The van der Waals surface area contributed by atoms with Crippen molar-refractivity contribution in [3.63, 3.8) is 0 Å². The van der Waals surface area contributed by atoms with Crippen molar-refractivity contribution in [1.29, 1.82) is 0 Å². The lowest BCUT2D eigenvalue weighted by Gasteiger charge is -1.94. The SMILES string of the molecule is NNc1ncc2sccc2n1. The molecule has 2 rings (SSSR count). The van der Waals surface area contributed by atoms with Crippen molar-refractivity contribution in [1.82, 2.24) is 9.97 Å². The molecule has 0 aliphatic carbocycles. The lowest BCUT2D eigenvalue weighted by Crippen LogP contribution is -2.09. The molecule has 2 heterocycles. The number of fused-ring (bicyclic) bond motifs is 1. The summed E-state index contributed by atoms with van der Waals surface area (Å²) >= 11 is 1.61. The molecule has 0 atom stereocenters. The molecule has 4 nitrogen and oxygen atoms in total. The molecule has 2 aromatic heterocycles. The van der Waals surface area contributed by atoms with Gasteiger partial charge in [-0.3, -0.25) is 5.43 Å². The van der Waals surface area contributed by atoms with Crippen LogP contribution in [-0.4, -0.2) is 9.97 Å². The maximum Gasteiger partial charge on any atom is 0.237 e. The Labute approximate surface area is 67.1 Å². The molecular weight excluding hydrogens is 160 g/mol. The number of anilines is 1. The Bertz CT molecular complexity index is 369. The monoisotopic (exact) mass is 166 g/mol. The van der Waals surface area contributed by atoms with Gasteiger partial charge in [0.05, 0.1) is 16.4 Å². The van der Waals surface area contributed by atoms with E-state index in [0.29, 0.717) is 5.95 Å². The topological polar surface area (TPSA) is 63.8 Å². The molecule has 11 heavy (non-hydrogen) atoms. The van der Waals surface area contributed by atoms with E-state index in [2.05, 4.69) is 15.4 Å². The van der Waals surface area contributed by atoms with E-state index >= 15 is 0 Å². The van der Waals surface area contributed by atoms with Gasteiger partial charge in [-0.2, -0.15) is 0 Å². The van der Waals surface area contributed by atoms with Crippen LogP contribution < -0.4 is 11.3 Å². The fraction of sp³-hybridized carbons (Fsp3) is 0. The number of nitrogens with zero attached hydrogens (tertiary/aromatic N) is 2. The molecule has 3 N–H and O–H groups in total. The molecule has 0 unspecified atom stereocenters. The molecule has 0 saturated heterocycles. The van der Waals surface area contributed by atoms with E-state index in [-0.39, 0.29) is 0 Å². The van der Waals surface area contributed by atoms with Crippen LogP contribution in [0.15, 0.2) is 17.6 Å². The predicted octanol–water partition coefficient (Wildman–Crippen LogP) is 0.977. The number of rotatable bonds is 1. The quantitative estimate of drug-likeness (QED) is 0.489. The minimum Gasteiger partial charge on any atom is -0.292 e. The number of thiophene rings is 1. The second-order valence-corrected chi connectivity index (χ2v) is 2.96. The molecule has 0 fully saturated rings. The fourth-order valence-corrected chi connectivity index (χ4v) is 1.53. The number of nitrogens with two attached hydrogens (primary N) is 1. The van der Waals surface area contributed by atoms with Crippen LogP contribution in [0.25, 0.3) is 10.2 Å². The predicted molar refractivity (Wildman–Crippen MR) is 45.2 cm³/mol. The largest absolute Gasteiger partial charge is 0.292 e. The van der Waals surface area contributed by atoms with Gasteiger partial charge in [0.1, 0.15) is 0 Å². The Morgan fingerprint density at radius 1 is 1.55 bits per heavy atom. The molecular formula is C6H6N4S. The van der Waals surface area contributed by atoms with Crippen molar-refractivity contribution in [2.45, 2.75) is 0 Å². The van der Waals surface area contributed by atoms with Crippen molar-refractivity contribution in [3.8, 4) is 0 Å². The maximum atomic E-state index is 5.14. The number of nitrogens with one attached hydrogen (secondary N) is 1. The van der Waals surface area contributed by atoms with Crippen LogP contribution in [0.5, 0.6) is 0 Å². The third kappa shape index (κ3) is 1.04. The summed E-state index contributed by atoms with van der Waals surface area (Å²) in [5.74, 6) is 5.59. The molecule has 0 amide bonds. The first kappa shape index (κ1) is 6.51. The molecule has 0 aromatic carbocycles. The van der Waals surface area contributed by atoms with E-state index in [1.165, 1.54) is 0 Å². The molecule has 0 saturated carbocycles. The first-order valence-corrected chi connectivity index (χ1v) is 3.95. The summed E-state index contributed by atoms with van der Waals surface area (Å²) in [6, 6.07) is 1.93. The summed E-state index contributed by atoms with van der Waals surface area (Å²) in [5, 5.41) is 1.97. The van der Waals surface area contributed by atoms with Gasteiger partial charge < -0.3 is 0 Å². The second-order valence-electron chi connectivity index (χ2n) is 2.01. The normalized spacial score (nSPS) is 10.3. The standard InChI is InChI=1S/C6H6N4S/c7-10-6-8-3-5-4(9-6)1-2-11-5/h1-3H,7H2,(H,8,9,10). The number of hydrazine groups is 1. The third-order valence-corrected chi connectivity index (χ3v) is 2.17. The van der Waals surface area contributed by atoms with E-state index in [0.717, 1.165) is 10.2 Å². The number of aromatic nitrogens is 2. The van der Waals surface area contributed by atoms with Crippen LogP contribution in [0.1, 0.15) is 0 Å². The van der Waals surface area contributed by atoms with Crippen LogP contribution in [0.4, 0.5) is 5.95 Å². The lowest BCUT2D eigenvalue weighted by molar-refractivity contribution is 1.16. The van der Waals surface area contributed by atoms with Crippen molar-refractivity contribution in [2.24, 2.45) is 5.84 Å². The van der Waals surface area contributed by atoms with Gasteiger partial charge in [0.2, 0.25) is 5.95 Å². The highest BCUT2D eigenvalue weighted by Crippen LogP contribution is 2.17. The van der Waals surface area contributed by atoms with Crippen molar-refractivity contribution in [3.05, 3.63) is 17.6 Å². The molecule has 5 heteroatoms. The van der Waals surface area contributed by atoms with E-state index < -0.39 is 0 Å². The molecule has 0 spiro atoms. The first-order valence-electron chi connectivity index (χ1n) is 3.07. The summed E-state index contributed by atoms with van der Waals surface area (Å²) in [6.45, 7) is 0. The molecule has 0 aliphatic heterocycles. The smallest absolute Gasteiger partial charge is 0.237 e. The summed E-state index contributed by atoms with van der Waals surface area (Å²) in [5.41, 5.74) is 3.32. The van der Waals surface area contributed by atoms with E-state index in [9.17, 15) is 0 Å². The van der Waals surface area contributed by atoms with Crippen LogP contribution >= 0.6 is 11.3 Å². The first-order chi connectivity index (χ1) is 5.40. The molecule has 56 valence electrons. The molecule has 0 bridgehead atoms. The van der Waals surface area contributed by atoms with Gasteiger partial charge >= 0.3 is 0 Å². The third-order valence-electron chi connectivity index (χ3n) is 1.33. The van der Waals surface area contributed by atoms with Gasteiger partial charge in [-0.25, -0.2) is 15.8 Å². The Kier molecular flexibility index (Phi) is 1.45. The van der Waals surface area contributed by atoms with Crippen molar-refractivity contribution in [2.75, 3.05) is 5.43 Å². The summed E-state index contributed by atoms with van der Waals surface area (Å²) < 4.78 is 1.07. The van der Waals surface area contributed by atoms with E-state index in [4.69, 9.17) is 5.84 Å². The van der Waals surface area contributed by atoms with Crippen LogP contribution in [0, 0.1) is 0 Å². The molecule has 2 aromatic rings. The van der Waals surface area contributed by atoms with Gasteiger partial charge in [-0.15, -0.1) is 11.3 Å². The van der Waals surface area contributed by atoms with Gasteiger partial charge in [0.25, 0.3) is 0 Å². The van der Waals surface area contributed by atoms with Crippen molar-refractivity contribution >= 4 is 27.5 Å². The number of hydrogen-bond acceptors (Lipinski definition) is 5. The van der Waals surface area contributed by atoms with Crippen LogP contribution in [0.2, 0.25) is 0 Å². The van der Waals surface area contributed by atoms with E-state index in [1.807, 2.05) is 11.4 Å². The maximum absolute atomic E-state index is 5.14. The zero-order chi connectivity index (χ0) is 7.68.